The number of rotatable bonds is 6. The van der Waals surface area contributed by atoms with Crippen LogP contribution >= 0.6 is 0 Å². The molecule has 0 fully saturated rings. The van der Waals surface area contributed by atoms with Crippen LogP contribution in [0.4, 0.5) is 11.8 Å². The van der Waals surface area contributed by atoms with Gasteiger partial charge < -0.3 is 15.2 Å². The SMILES string of the molecule is c1ccc(C(CNc2nc(N3CCc4c([nH]c5ccccc45)C3)nc3ccccc23)c2ccccc2)cc1. The van der Waals surface area contributed by atoms with Gasteiger partial charge in [0.1, 0.15) is 5.82 Å². The Morgan fingerprint density at radius 3 is 2.16 bits per heavy atom. The van der Waals surface area contributed by atoms with Gasteiger partial charge in [0.25, 0.3) is 0 Å². The van der Waals surface area contributed by atoms with E-state index < -0.39 is 0 Å². The van der Waals surface area contributed by atoms with Crippen LogP contribution in [0, 0.1) is 0 Å². The van der Waals surface area contributed by atoms with Crippen molar-refractivity contribution in [2.75, 3.05) is 23.3 Å². The number of H-pyrrole nitrogens is 1. The summed E-state index contributed by atoms with van der Waals surface area (Å²) >= 11 is 0. The zero-order valence-corrected chi connectivity index (χ0v) is 21.1. The monoisotopic (exact) mass is 495 g/mol. The maximum atomic E-state index is 5.10. The van der Waals surface area contributed by atoms with E-state index in [1.807, 2.05) is 6.07 Å². The molecule has 5 heteroatoms. The van der Waals surface area contributed by atoms with Crippen molar-refractivity contribution < 1.29 is 0 Å². The highest BCUT2D eigenvalue weighted by Crippen LogP contribution is 2.32. The van der Waals surface area contributed by atoms with Gasteiger partial charge >= 0.3 is 0 Å². The third-order valence-corrected chi connectivity index (χ3v) is 7.63. The topological polar surface area (TPSA) is 56.8 Å². The molecule has 3 heterocycles. The van der Waals surface area contributed by atoms with E-state index in [2.05, 4.69) is 118 Å². The quantitative estimate of drug-likeness (QED) is 0.263. The van der Waals surface area contributed by atoms with Crippen molar-refractivity contribution in [3.8, 4) is 0 Å². The minimum Gasteiger partial charge on any atom is -0.368 e. The van der Waals surface area contributed by atoms with Crippen molar-refractivity contribution in [3.05, 3.63) is 132 Å². The standard InChI is InChI=1S/C33H29N5/c1-3-11-23(12-4-1)28(24-13-5-2-6-14-24)21-34-32-27-16-8-10-18-30(27)36-33(37-32)38-20-19-26-25-15-7-9-17-29(25)35-31(26)22-38/h1-18,28,35H,19-22H2,(H,34,36,37). The number of nitrogens with one attached hydrogen (secondary N) is 2. The van der Waals surface area contributed by atoms with Crippen LogP contribution in [0.5, 0.6) is 0 Å². The molecule has 0 saturated heterocycles. The van der Waals surface area contributed by atoms with Gasteiger partial charge in [-0.2, -0.15) is 4.98 Å². The lowest BCUT2D eigenvalue weighted by molar-refractivity contribution is 0.703. The first-order valence-corrected chi connectivity index (χ1v) is 13.3. The number of nitrogens with zero attached hydrogens (tertiary/aromatic N) is 3. The van der Waals surface area contributed by atoms with E-state index in [-0.39, 0.29) is 5.92 Å². The Hall–Kier alpha value is -4.64. The van der Waals surface area contributed by atoms with Crippen molar-refractivity contribution in [1.29, 1.82) is 0 Å². The van der Waals surface area contributed by atoms with Crippen molar-refractivity contribution in [2.24, 2.45) is 0 Å². The minimum atomic E-state index is 0.207. The van der Waals surface area contributed by atoms with Gasteiger partial charge in [-0.15, -0.1) is 0 Å². The summed E-state index contributed by atoms with van der Waals surface area (Å²) in [5, 5.41) is 6.09. The number of anilines is 2. The van der Waals surface area contributed by atoms with Gasteiger partial charge in [-0.25, -0.2) is 4.98 Å². The molecule has 1 aliphatic heterocycles. The van der Waals surface area contributed by atoms with Gasteiger partial charge in [0.2, 0.25) is 5.95 Å². The molecule has 0 aliphatic carbocycles. The van der Waals surface area contributed by atoms with E-state index in [0.29, 0.717) is 0 Å². The van der Waals surface area contributed by atoms with Crippen LogP contribution in [0.2, 0.25) is 0 Å². The largest absolute Gasteiger partial charge is 0.368 e. The second-order valence-corrected chi connectivity index (χ2v) is 9.94. The average molecular weight is 496 g/mol. The van der Waals surface area contributed by atoms with Crippen LogP contribution in [0.15, 0.2) is 109 Å². The van der Waals surface area contributed by atoms with Gasteiger partial charge in [-0.05, 0) is 41.3 Å². The molecular formula is C33H29N5. The summed E-state index contributed by atoms with van der Waals surface area (Å²) in [5.41, 5.74) is 7.41. The van der Waals surface area contributed by atoms with E-state index in [1.165, 1.54) is 33.3 Å². The summed E-state index contributed by atoms with van der Waals surface area (Å²) in [6, 6.07) is 38.2. The number of hydrogen-bond donors (Lipinski definition) is 2. The summed E-state index contributed by atoms with van der Waals surface area (Å²) in [4.78, 5) is 16.0. The Kier molecular flexibility index (Phi) is 5.74. The van der Waals surface area contributed by atoms with Crippen LogP contribution < -0.4 is 10.2 Å². The number of fused-ring (bicyclic) bond motifs is 4. The first-order valence-electron chi connectivity index (χ1n) is 13.3. The highest BCUT2D eigenvalue weighted by molar-refractivity contribution is 5.90. The van der Waals surface area contributed by atoms with Gasteiger partial charge in [0.05, 0.1) is 12.1 Å². The molecule has 0 radical (unpaired) electrons. The van der Waals surface area contributed by atoms with Gasteiger partial charge in [-0.1, -0.05) is 91.0 Å². The molecule has 0 spiro atoms. The van der Waals surface area contributed by atoms with Gasteiger partial charge in [-0.3, -0.25) is 0 Å². The van der Waals surface area contributed by atoms with E-state index in [4.69, 9.17) is 9.97 Å². The lowest BCUT2D eigenvalue weighted by Crippen LogP contribution is -2.32. The molecule has 2 N–H and O–H groups in total. The molecule has 186 valence electrons. The molecule has 7 rings (SSSR count). The molecule has 38 heavy (non-hydrogen) atoms. The van der Waals surface area contributed by atoms with Crippen molar-refractivity contribution in [3.63, 3.8) is 0 Å². The number of aromatic amines is 1. The summed E-state index contributed by atoms with van der Waals surface area (Å²) in [6.07, 6.45) is 0.975. The molecule has 2 aromatic heterocycles. The maximum absolute atomic E-state index is 5.10. The lowest BCUT2D eigenvalue weighted by Gasteiger charge is -2.28. The highest BCUT2D eigenvalue weighted by Gasteiger charge is 2.23. The molecule has 6 aromatic rings. The first-order chi connectivity index (χ1) is 18.8. The van der Waals surface area contributed by atoms with Gasteiger partial charge in [0, 0.05) is 41.0 Å². The molecule has 0 bridgehead atoms. The predicted molar refractivity (Wildman–Crippen MR) is 156 cm³/mol. The van der Waals surface area contributed by atoms with Crippen LogP contribution in [0.25, 0.3) is 21.8 Å². The van der Waals surface area contributed by atoms with Crippen LogP contribution in [0.3, 0.4) is 0 Å². The molecule has 0 atom stereocenters. The minimum absolute atomic E-state index is 0.207. The Bertz CT molecular complexity index is 1670. The highest BCUT2D eigenvalue weighted by atomic mass is 15.3. The second kappa shape index (κ2) is 9.67. The smallest absolute Gasteiger partial charge is 0.228 e. The number of benzene rings is 4. The summed E-state index contributed by atoms with van der Waals surface area (Å²) < 4.78 is 0. The molecule has 5 nitrogen and oxygen atoms in total. The Morgan fingerprint density at radius 2 is 1.39 bits per heavy atom. The van der Waals surface area contributed by atoms with Crippen LogP contribution in [-0.2, 0) is 13.0 Å². The fraction of sp³-hybridized carbons (Fsp3) is 0.152. The Labute approximate surface area is 222 Å². The summed E-state index contributed by atoms with van der Waals surface area (Å²) in [5.74, 6) is 1.86. The average Bonchev–Trinajstić information content (AvgIpc) is 3.36. The lowest BCUT2D eigenvalue weighted by atomic mass is 9.91. The predicted octanol–water partition coefficient (Wildman–Crippen LogP) is 6.92. The second-order valence-electron chi connectivity index (χ2n) is 9.94. The van der Waals surface area contributed by atoms with Crippen LogP contribution in [-0.4, -0.2) is 28.0 Å². The van der Waals surface area contributed by atoms with Gasteiger partial charge in [0.15, 0.2) is 0 Å². The molecular weight excluding hydrogens is 466 g/mol. The number of para-hydroxylation sites is 2. The molecule has 0 unspecified atom stereocenters. The third-order valence-electron chi connectivity index (χ3n) is 7.63. The van der Waals surface area contributed by atoms with Crippen LogP contribution in [0.1, 0.15) is 28.3 Å². The zero-order valence-electron chi connectivity index (χ0n) is 21.1. The van der Waals surface area contributed by atoms with E-state index in [0.717, 1.165) is 48.7 Å². The van der Waals surface area contributed by atoms with Crippen molar-refractivity contribution in [2.45, 2.75) is 18.9 Å². The van der Waals surface area contributed by atoms with E-state index in [9.17, 15) is 0 Å². The fourth-order valence-corrected chi connectivity index (χ4v) is 5.70. The maximum Gasteiger partial charge on any atom is 0.228 e. The molecule has 1 aliphatic rings. The molecule has 0 saturated carbocycles. The van der Waals surface area contributed by atoms with Crippen molar-refractivity contribution in [1.82, 2.24) is 15.0 Å². The van der Waals surface area contributed by atoms with E-state index >= 15 is 0 Å². The first kappa shape index (κ1) is 22.5. The zero-order chi connectivity index (χ0) is 25.3. The van der Waals surface area contributed by atoms with E-state index in [1.54, 1.807) is 0 Å². The normalized spacial score (nSPS) is 13.2. The van der Waals surface area contributed by atoms with Crippen molar-refractivity contribution >= 4 is 33.6 Å². The Morgan fingerprint density at radius 1 is 0.737 bits per heavy atom. The summed E-state index contributed by atoms with van der Waals surface area (Å²) in [7, 11) is 0. The Balaban J connectivity index is 1.22. The number of aromatic nitrogens is 3. The number of hydrogen-bond acceptors (Lipinski definition) is 4. The summed E-state index contributed by atoms with van der Waals surface area (Å²) in [6.45, 7) is 2.41. The fourth-order valence-electron chi connectivity index (χ4n) is 5.70. The third kappa shape index (κ3) is 4.16. The molecule has 4 aromatic carbocycles. The molecule has 0 amide bonds.